The molecular weight excluding hydrogens is 485 g/mol. The molecular formula is C30H44FN3O4. The molecule has 0 heterocycles. The van der Waals surface area contributed by atoms with E-state index in [1.54, 1.807) is 13.2 Å². The third-order valence-corrected chi connectivity index (χ3v) is 6.32. The Morgan fingerprint density at radius 3 is 2.55 bits per heavy atom. The lowest BCUT2D eigenvalue weighted by atomic mass is 10.1. The fourth-order valence-electron chi connectivity index (χ4n) is 4.21. The van der Waals surface area contributed by atoms with Crippen molar-refractivity contribution in [2.45, 2.75) is 64.8 Å². The number of carbonyl (C=O) groups is 2. The number of ether oxygens (including phenoxy) is 2. The van der Waals surface area contributed by atoms with Gasteiger partial charge in [-0.15, -0.1) is 0 Å². The Kier molecular flexibility index (Phi) is 15.1. The Hall–Kier alpha value is -2.97. The van der Waals surface area contributed by atoms with Crippen molar-refractivity contribution in [3.05, 3.63) is 65.0 Å². The molecule has 38 heavy (non-hydrogen) atoms. The number of nitrogens with one attached hydrogen (secondary N) is 2. The van der Waals surface area contributed by atoms with Crippen molar-refractivity contribution in [3.63, 3.8) is 0 Å². The van der Waals surface area contributed by atoms with Gasteiger partial charge >= 0.3 is 0 Å². The van der Waals surface area contributed by atoms with Crippen molar-refractivity contribution in [2.75, 3.05) is 33.4 Å². The van der Waals surface area contributed by atoms with Crippen LogP contribution in [0.5, 0.6) is 5.75 Å². The first-order valence-electron chi connectivity index (χ1n) is 13.6. The number of rotatable bonds is 20. The van der Waals surface area contributed by atoms with Crippen LogP contribution in [-0.4, -0.2) is 45.2 Å². The van der Waals surface area contributed by atoms with E-state index in [0.717, 1.165) is 44.3 Å². The lowest BCUT2D eigenvalue weighted by molar-refractivity contribution is -0.121. The smallest absolute Gasteiger partial charge is 0.220 e. The van der Waals surface area contributed by atoms with Crippen molar-refractivity contribution in [2.24, 2.45) is 11.7 Å². The fourth-order valence-corrected chi connectivity index (χ4v) is 4.21. The number of amides is 2. The molecule has 1 unspecified atom stereocenters. The van der Waals surface area contributed by atoms with E-state index in [-0.39, 0.29) is 30.5 Å². The SMILES string of the molecule is CCc1cccc(CNCCCCc2cc(F)cc(OCC(CCNC(=O)CCCC(N)=O)COC)c2)c1. The van der Waals surface area contributed by atoms with E-state index >= 15 is 0 Å². The molecule has 0 saturated carbocycles. The van der Waals surface area contributed by atoms with Gasteiger partial charge in [0.1, 0.15) is 11.6 Å². The van der Waals surface area contributed by atoms with E-state index in [0.29, 0.717) is 38.3 Å². The highest BCUT2D eigenvalue weighted by atomic mass is 19.1. The summed E-state index contributed by atoms with van der Waals surface area (Å²) in [4.78, 5) is 22.7. The normalized spacial score (nSPS) is 11.8. The van der Waals surface area contributed by atoms with E-state index in [4.69, 9.17) is 15.2 Å². The molecule has 0 bridgehead atoms. The van der Waals surface area contributed by atoms with Crippen LogP contribution >= 0.6 is 0 Å². The Morgan fingerprint density at radius 2 is 1.79 bits per heavy atom. The van der Waals surface area contributed by atoms with Crippen LogP contribution in [0.15, 0.2) is 42.5 Å². The maximum absolute atomic E-state index is 14.2. The Labute approximate surface area is 226 Å². The zero-order valence-corrected chi connectivity index (χ0v) is 22.9. The van der Waals surface area contributed by atoms with Gasteiger partial charge in [-0.3, -0.25) is 9.59 Å². The second-order valence-corrected chi connectivity index (χ2v) is 9.69. The maximum atomic E-state index is 14.2. The molecule has 2 aromatic carbocycles. The molecule has 7 nitrogen and oxygen atoms in total. The number of carbonyl (C=O) groups excluding carboxylic acids is 2. The van der Waals surface area contributed by atoms with E-state index in [1.165, 1.54) is 17.2 Å². The van der Waals surface area contributed by atoms with Gasteiger partial charge in [-0.1, -0.05) is 31.2 Å². The second kappa shape index (κ2) is 18.3. The summed E-state index contributed by atoms with van der Waals surface area (Å²) in [6, 6.07) is 13.5. The molecule has 4 N–H and O–H groups in total. The third-order valence-electron chi connectivity index (χ3n) is 6.32. The van der Waals surface area contributed by atoms with Gasteiger partial charge in [0.25, 0.3) is 0 Å². The summed E-state index contributed by atoms with van der Waals surface area (Å²) in [7, 11) is 1.62. The van der Waals surface area contributed by atoms with Gasteiger partial charge in [0.15, 0.2) is 0 Å². The van der Waals surface area contributed by atoms with Gasteiger partial charge in [0.05, 0.1) is 13.2 Å². The predicted molar refractivity (Wildman–Crippen MR) is 148 cm³/mol. The topological polar surface area (TPSA) is 103 Å². The monoisotopic (exact) mass is 529 g/mol. The van der Waals surface area contributed by atoms with Gasteiger partial charge in [-0.2, -0.15) is 0 Å². The fraction of sp³-hybridized carbons (Fsp3) is 0.533. The second-order valence-electron chi connectivity index (χ2n) is 9.69. The summed E-state index contributed by atoms with van der Waals surface area (Å²) in [5, 5.41) is 6.34. The van der Waals surface area contributed by atoms with Crippen LogP contribution in [-0.2, 0) is 33.7 Å². The lowest BCUT2D eigenvalue weighted by Crippen LogP contribution is -2.28. The van der Waals surface area contributed by atoms with Crippen molar-refractivity contribution in [1.82, 2.24) is 10.6 Å². The first-order chi connectivity index (χ1) is 18.4. The van der Waals surface area contributed by atoms with E-state index < -0.39 is 5.91 Å². The molecule has 0 aliphatic carbocycles. The highest BCUT2D eigenvalue weighted by molar-refractivity contribution is 5.77. The van der Waals surface area contributed by atoms with Gasteiger partial charge in [0.2, 0.25) is 11.8 Å². The molecule has 8 heteroatoms. The Balaban J connectivity index is 1.70. The number of hydrogen-bond acceptors (Lipinski definition) is 5. The largest absolute Gasteiger partial charge is 0.493 e. The van der Waals surface area contributed by atoms with Crippen molar-refractivity contribution in [3.8, 4) is 5.75 Å². The lowest BCUT2D eigenvalue weighted by Gasteiger charge is -2.18. The third kappa shape index (κ3) is 13.5. The molecule has 0 spiro atoms. The van der Waals surface area contributed by atoms with Gasteiger partial charge in [-0.05, 0) is 73.9 Å². The molecule has 2 aromatic rings. The number of benzene rings is 2. The van der Waals surface area contributed by atoms with Crippen LogP contribution < -0.4 is 21.1 Å². The average Bonchev–Trinajstić information content (AvgIpc) is 2.89. The standard InChI is InChI=1S/C30H44FN3O4/c1-3-23-9-6-10-25(16-23)20-33-14-5-4-8-24-17-27(31)19-28(18-24)38-22-26(21-37-2)13-15-34-30(36)12-7-11-29(32)35/h6,9-10,16-19,26,33H,3-5,7-8,11-15,20-22H2,1-2H3,(H2,32,35)(H,34,36). The number of nitrogens with two attached hydrogens (primary N) is 1. The number of halogens is 1. The van der Waals surface area contributed by atoms with Crippen LogP contribution in [0, 0.1) is 11.7 Å². The first kappa shape index (κ1) is 31.2. The molecule has 2 rings (SSSR count). The van der Waals surface area contributed by atoms with E-state index in [1.807, 2.05) is 6.07 Å². The van der Waals surface area contributed by atoms with Crippen molar-refractivity contribution >= 4 is 11.8 Å². The zero-order valence-electron chi connectivity index (χ0n) is 22.9. The Morgan fingerprint density at radius 1 is 0.974 bits per heavy atom. The summed E-state index contributed by atoms with van der Waals surface area (Å²) in [6.45, 7) is 5.23. The number of methoxy groups -OCH3 is 1. The van der Waals surface area contributed by atoms with Crippen LogP contribution in [0.1, 0.15) is 62.1 Å². The maximum Gasteiger partial charge on any atom is 0.220 e. The quantitative estimate of drug-likeness (QED) is 0.222. The summed E-state index contributed by atoms with van der Waals surface area (Å²) < 4.78 is 25.4. The predicted octanol–water partition coefficient (Wildman–Crippen LogP) is 4.30. The number of unbranched alkanes of at least 4 members (excludes halogenated alkanes) is 1. The molecule has 210 valence electrons. The molecule has 2 amide bonds. The number of aryl methyl sites for hydroxylation is 2. The molecule has 1 atom stereocenters. The minimum Gasteiger partial charge on any atom is -0.493 e. The zero-order chi connectivity index (χ0) is 27.6. The van der Waals surface area contributed by atoms with E-state index in [9.17, 15) is 14.0 Å². The van der Waals surface area contributed by atoms with Crippen LogP contribution in [0.3, 0.4) is 0 Å². The molecule has 0 aromatic heterocycles. The summed E-state index contributed by atoms with van der Waals surface area (Å²) in [6.07, 6.45) is 5.35. The minimum atomic E-state index is -0.406. The molecule has 0 saturated heterocycles. The minimum absolute atomic E-state index is 0.0433. The Bertz CT molecular complexity index is 986. The van der Waals surface area contributed by atoms with Gasteiger partial charge < -0.3 is 25.8 Å². The highest BCUT2D eigenvalue weighted by Crippen LogP contribution is 2.19. The van der Waals surface area contributed by atoms with Crippen molar-refractivity contribution in [1.29, 1.82) is 0 Å². The molecule has 0 fully saturated rings. The number of hydrogen-bond donors (Lipinski definition) is 3. The van der Waals surface area contributed by atoms with Gasteiger partial charge in [0, 0.05) is 45.0 Å². The molecule has 0 aliphatic heterocycles. The summed E-state index contributed by atoms with van der Waals surface area (Å²) in [5.74, 6) is -0.277. The van der Waals surface area contributed by atoms with Crippen LogP contribution in [0.25, 0.3) is 0 Å². The van der Waals surface area contributed by atoms with Crippen LogP contribution in [0.2, 0.25) is 0 Å². The van der Waals surface area contributed by atoms with Crippen molar-refractivity contribution < 1.29 is 23.5 Å². The highest BCUT2D eigenvalue weighted by Gasteiger charge is 2.12. The molecule has 0 radical (unpaired) electrons. The summed E-state index contributed by atoms with van der Waals surface area (Å²) in [5.41, 5.74) is 8.66. The molecule has 0 aliphatic rings. The van der Waals surface area contributed by atoms with Gasteiger partial charge in [-0.25, -0.2) is 4.39 Å². The average molecular weight is 530 g/mol. The first-order valence-corrected chi connectivity index (χ1v) is 13.6. The van der Waals surface area contributed by atoms with E-state index in [2.05, 4.69) is 41.8 Å². The van der Waals surface area contributed by atoms with Crippen LogP contribution in [0.4, 0.5) is 4.39 Å². The number of primary amides is 1. The summed E-state index contributed by atoms with van der Waals surface area (Å²) >= 11 is 0.